The summed E-state index contributed by atoms with van der Waals surface area (Å²) < 4.78 is 0. The predicted molar refractivity (Wildman–Crippen MR) is 19.6 cm³/mol. The standard InChI is InChI=1S/CHO.2CH3.2Y/c1-2;;;;/h1H;2*1H3;;/q3*-1;;. The number of hydrogen-bond donors (Lipinski definition) is 0. The van der Waals surface area contributed by atoms with E-state index in [4.69, 9.17) is 4.79 Å². The van der Waals surface area contributed by atoms with Gasteiger partial charge < -0.3 is 19.6 Å². The van der Waals surface area contributed by atoms with Gasteiger partial charge in [-0.15, -0.1) is 0 Å². The summed E-state index contributed by atoms with van der Waals surface area (Å²) in [5.74, 6) is 0. The van der Waals surface area contributed by atoms with E-state index in [1.165, 1.54) is 0 Å². The van der Waals surface area contributed by atoms with Crippen LogP contribution in [0.2, 0.25) is 0 Å². The van der Waals surface area contributed by atoms with E-state index in [1.807, 2.05) is 0 Å². The van der Waals surface area contributed by atoms with Gasteiger partial charge in [-0.25, -0.2) is 0 Å². The van der Waals surface area contributed by atoms with Crippen molar-refractivity contribution in [2.45, 2.75) is 0 Å². The van der Waals surface area contributed by atoms with Crippen LogP contribution >= 0.6 is 0 Å². The molecule has 0 spiro atoms. The Hall–Kier alpha value is 1.88. The molecule has 1 nitrogen and oxygen atoms in total. The molecule has 0 aliphatic rings. The van der Waals surface area contributed by atoms with Crippen LogP contribution in [-0.4, -0.2) is 6.79 Å². The maximum atomic E-state index is 7.75. The molecule has 0 atom stereocenters. The van der Waals surface area contributed by atoms with Gasteiger partial charge in [-0.05, 0) is 0 Å². The Morgan fingerprint density at radius 1 is 0.833 bits per heavy atom. The monoisotopic (exact) mass is 237 g/mol. The zero-order valence-electron chi connectivity index (χ0n) is 4.14. The van der Waals surface area contributed by atoms with Crippen molar-refractivity contribution in [3.05, 3.63) is 14.9 Å². The molecule has 0 N–H and O–H groups in total. The third-order valence-corrected chi connectivity index (χ3v) is 0. The predicted octanol–water partition coefficient (Wildman–Crippen LogP) is 0.621. The fraction of sp³-hybridized carbons (Fsp3) is 0. The van der Waals surface area contributed by atoms with Gasteiger partial charge in [-0.2, -0.15) is 0 Å². The Labute approximate surface area is 90.4 Å². The average molecular weight is 237 g/mol. The van der Waals surface area contributed by atoms with Crippen molar-refractivity contribution >= 4 is 6.79 Å². The minimum atomic E-state index is 0. The largest absolute Gasteiger partial charge is 0.545 e. The number of rotatable bonds is 0. The normalized spacial score (nSPS) is 0.667. The minimum Gasteiger partial charge on any atom is -0.545 e. The van der Waals surface area contributed by atoms with Gasteiger partial charge in [-0.3, -0.25) is 6.79 Å². The van der Waals surface area contributed by atoms with Crippen molar-refractivity contribution in [1.82, 2.24) is 0 Å². The van der Waals surface area contributed by atoms with Gasteiger partial charge in [0.15, 0.2) is 0 Å². The second kappa shape index (κ2) is 67.4. The number of carbonyl (C=O) groups excluding carboxylic acids is 1. The van der Waals surface area contributed by atoms with Gasteiger partial charge >= 0.3 is 0 Å². The zero-order valence-corrected chi connectivity index (χ0v) is 9.82. The topological polar surface area (TPSA) is 17.1 Å². The Balaban J connectivity index is -0.000000000833. The van der Waals surface area contributed by atoms with E-state index in [0.29, 0.717) is 0 Å². The van der Waals surface area contributed by atoms with Crippen molar-refractivity contribution in [2.75, 3.05) is 0 Å². The smallest absolute Gasteiger partial charge is 0 e. The van der Waals surface area contributed by atoms with Gasteiger partial charge in [0.1, 0.15) is 0 Å². The molecule has 0 saturated carbocycles. The van der Waals surface area contributed by atoms with Crippen molar-refractivity contribution < 1.29 is 70.2 Å². The van der Waals surface area contributed by atoms with Crippen LogP contribution in [0.5, 0.6) is 0 Å². The van der Waals surface area contributed by atoms with Crippen LogP contribution in [-0.2, 0) is 70.2 Å². The summed E-state index contributed by atoms with van der Waals surface area (Å²) in [6.45, 7) is 3.25. The van der Waals surface area contributed by atoms with Gasteiger partial charge in [0.05, 0.1) is 0 Å². The molecule has 0 aromatic heterocycles. The summed E-state index contributed by atoms with van der Waals surface area (Å²) in [7, 11) is 0. The first-order chi connectivity index (χ1) is 1.00. The summed E-state index contributed by atoms with van der Waals surface area (Å²) in [6, 6.07) is 0. The molecule has 0 aliphatic carbocycles. The fourth-order valence-corrected chi connectivity index (χ4v) is 0. The molecule has 0 saturated heterocycles. The Kier molecular flexibility index (Phi) is 505. The van der Waals surface area contributed by atoms with E-state index in [2.05, 4.69) is 6.79 Å². The summed E-state index contributed by atoms with van der Waals surface area (Å²) in [6.07, 6.45) is 0. The summed E-state index contributed by atoms with van der Waals surface area (Å²) in [5, 5.41) is 0. The summed E-state index contributed by atoms with van der Waals surface area (Å²) >= 11 is 0. The third-order valence-electron chi connectivity index (χ3n) is 0. The van der Waals surface area contributed by atoms with E-state index >= 15 is 0 Å². The Morgan fingerprint density at radius 3 is 0.833 bits per heavy atom. The van der Waals surface area contributed by atoms with Crippen LogP contribution in [0, 0.1) is 14.9 Å². The van der Waals surface area contributed by atoms with E-state index in [1.54, 1.807) is 0 Å². The summed E-state index contributed by atoms with van der Waals surface area (Å²) in [5.41, 5.74) is 0. The van der Waals surface area contributed by atoms with E-state index in [9.17, 15) is 0 Å². The molecular formula is C3H7OY2-3. The molecule has 0 amide bonds. The van der Waals surface area contributed by atoms with Crippen LogP contribution in [0.3, 0.4) is 0 Å². The molecule has 34 valence electrons. The molecule has 3 heteroatoms. The van der Waals surface area contributed by atoms with E-state index in [-0.39, 0.29) is 80.3 Å². The Bertz CT molecular complexity index is 8.75. The first kappa shape index (κ1) is 45.0. The SMILES string of the molecule is [CH-]=O.[CH3-].[CH3-].[Y].[Y]. The molecule has 0 rings (SSSR count). The van der Waals surface area contributed by atoms with Crippen LogP contribution in [0.1, 0.15) is 0 Å². The maximum absolute atomic E-state index is 7.75. The quantitative estimate of drug-likeness (QED) is 0.445. The third kappa shape index (κ3) is 39.7. The molecule has 6 heavy (non-hydrogen) atoms. The van der Waals surface area contributed by atoms with Crippen LogP contribution in [0.15, 0.2) is 0 Å². The molecule has 0 aromatic carbocycles. The second-order valence-electron chi connectivity index (χ2n) is 0. The molecule has 0 unspecified atom stereocenters. The minimum absolute atomic E-state index is 0. The second-order valence-corrected chi connectivity index (χ2v) is 0. The zero-order chi connectivity index (χ0) is 2.00. The molecule has 0 aliphatic heterocycles. The van der Waals surface area contributed by atoms with Crippen LogP contribution in [0.4, 0.5) is 0 Å². The van der Waals surface area contributed by atoms with Crippen molar-refractivity contribution in [3.63, 3.8) is 0 Å². The molecule has 0 aromatic rings. The van der Waals surface area contributed by atoms with Gasteiger partial charge in [0.2, 0.25) is 0 Å². The number of hydrogen-bond acceptors (Lipinski definition) is 1. The molecule has 0 heterocycles. The van der Waals surface area contributed by atoms with Crippen LogP contribution < -0.4 is 0 Å². The first-order valence-electron chi connectivity index (χ1n) is 0.236. The van der Waals surface area contributed by atoms with Crippen molar-refractivity contribution in [2.24, 2.45) is 0 Å². The van der Waals surface area contributed by atoms with Crippen molar-refractivity contribution in [1.29, 1.82) is 0 Å². The summed E-state index contributed by atoms with van der Waals surface area (Å²) in [4.78, 5) is 7.75. The molecule has 0 fully saturated rings. The van der Waals surface area contributed by atoms with Gasteiger partial charge in [0.25, 0.3) is 0 Å². The molecular weight excluding hydrogens is 230 g/mol. The first-order valence-corrected chi connectivity index (χ1v) is 0.236. The Morgan fingerprint density at radius 2 is 0.833 bits per heavy atom. The fourth-order valence-electron chi connectivity index (χ4n) is 0. The average Bonchev–Trinajstić information content (AvgIpc) is 1.00. The van der Waals surface area contributed by atoms with Crippen molar-refractivity contribution in [3.8, 4) is 0 Å². The van der Waals surface area contributed by atoms with E-state index in [0.717, 1.165) is 0 Å². The van der Waals surface area contributed by atoms with Gasteiger partial charge in [0, 0.05) is 65.4 Å². The van der Waals surface area contributed by atoms with E-state index < -0.39 is 0 Å². The maximum Gasteiger partial charge on any atom is 0 e. The molecule has 0 bridgehead atoms. The molecule has 2 radical (unpaired) electrons. The van der Waals surface area contributed by atoms with Gasteiger partial charge in [-0.1, -0.05) is 0 Å². The van der Waals surface area contributed by atoms with Crippen LogP contribution in [0.25, 0.3) is 0 Å².